The van der Waals surface area contributed by atoms with E-state index in [1.807, 2.05) is 19.1 Å². The Hall–Kier alpha value is -3.03. The van der Waals surface area contributed by atoms with Crippen LogP contribution in [0.15, 0.2) is 35.5 Å². The maximum Gasteiger partial charge on any atom is 0.322 e. The lowest BCUT2D eigenvalue weighted by molar-refractivity contribution is -0.132. The second-order valence-electron chi connectivity index (χ2n) is 7.26. The molecule has 4 amide bonds. The van der Waals surface area contributed by atoms with Gasteiger partial charge in [0.25, 0.3) is 5.91 Å². The Bertz CT molecular complexity index is 844. The van der Waals surface area contributed by atoms with Gasteiger partial charge in [0.15, 0.2) is 0 Å². The molecule has 1 unspecified atom stereocenters. The zero-order valence-corrected chi connectivity index (χ0v) is 16.0. The van der Waals surface area contributed by atoms with Gasteiger partial charge in [-0.25, -0.2) is 4.79 Å². The molecule has 28 heavy (non-hydrogen) atoms. The number of hydrogen-bond donors (Lipinski definition) is 2. The molecule has 8 nitrogen and oxygen atoms in total. The summed E-state index contributed by atoms with van der Waals surface area (Å²) in [5.41, 5.74) is 2.01. The van der Waals surface area contributed by atoms with Crippen molar-refractivity contribution in [1.82, 2.24) is 20.4 Å². The normalized spacial score (nSPS) is 21.6. The molecule has 0 saturated heterocycles. The molecule has 0 bridgehead atoms. The van der Waals surface area contributed by atoms with Crippen LogP contribution in [0.4, 0.5) is 4.79 Å². The van der Waals surface area contributed by atoms with Gasteiger partial charge >= 0.3 is 6.03 Å². The average molecular weight is 384 g/mol. The third-order valence-electron chi connectivity index (χ3n) is 5.34. The number of urea groups is 1. The first kappa shape index (κ1) is 18.3. The van der Waals surface area contributed by atoms with Crippen LogP contribution in [0, 0.1) is 0 Å². The summed E-state index contributed by atoms with van der Waals surface area (Å²) >= 11 is 0. The maximum absolute atomic E-state index is 13.1. The van der Waals surface area contributed by atoms with E-state index in [2.05, 4.69) is 10.6 Å². The van der Waals surface area contributed by atoms with E-state index < -0.39 is 6.04 Å². The predicted octanol–water partition coefficient (Wildman–Crippen LogP) is 1.16. The van der Waals surface area contributed by atoms with Gasteiger partial charge in [0, 0.05) is 12.6 Å². The summed E-state index contributed by atoms with van der Waals surface area (Å²) in [5, 5.41) is 5.84. The molecule has 1 atom stereocenters. The second kappa shape index (κ2) is 7.18. The van der Waals surface area contributed by atoms with Crippen LogP contribution in [0.25, 0.3) is 0 Å². The van der Waals surface area contributed by atoms with E-state index in [0.29, 0.717) is 23.6 Å². The van der Waals surface area contributed by atoms with Crippen molar-refractivity contribution < 1.29 is 19.1 Å². The molecule has 0 radical (unpaired) electrons. The number of ether oxygens (including phenoxy) is 1. The summed E-state index contributed by atoms with van der Waals surface area (Å²) in [4.78, 5) is 41.0. The van der Waals surface area contributed by atoms with Gasteiger partial charge in [-0.15, -0.1) is 0 Å². The first-order valence-electron chi connectivity index (χ1n) is 9.55. The molecule has 3 aliphatic rings. The largest absolute Gasteiger partial charge is 0.497 e. The molecule has 0 spiro atoms. The first-order chi connectivity index (χ1) is 13.5. The minimum absolute atomic E-state index is 0.00338. The number of methoxy groups -OCH3 is 1. The van der Waals surface area contributed by atoms with Gasteiger partial charge in [-0.1, -0.05) is 12.1 Å². The lowest BCUT2D eigenvalue weighted by Crippen LogP contribution is -2.47. The highest BCUT2D eigenvalue weighted by atomic mass is 16.5. The number of benzene rings is 1. The first-order valence-corrected chi connectivity index (χ1v) is 9.55. The van der Waals surface area contributed by atoms with Crippen LogP contribution in [-0.2, 0) is 9.59 Å². The number of rotatable bonds is 6. The van der Waals surface area contributed by atoms with Gasteiger partial charge in [-0.05, 0) is 37.5 Å². The lowest BCUT2D eigenvalue weighted by Gasteiger charge is -2.32. The Morgan fingerprint density at radius 2 is 1.96 bits per heavy atom. The van der Waals surface area contributed by atoms with Crippen molar-refractivity contribution in [1.29, 1.82) is 0 Å². The SMILES string of the molecule is CCN1C(=O)NC(c2ccc(OC)cc2)C2=C1CN(CC(=O)NC1CC1)C2=O. The Morgan fingerprint density at radius 3 is 2.57 bits per heavy atom. The van der Waals surface area contributed by atoms with Crippen molar-refractivity contribution in [3.8, 4) is 5.75 Å². The highest BCUT2D eigenvalue weighted by Gasteiger charge is 2.44. The number of likely N-dealkylation sites (N-methyl/N-ethyl adjacent to an activating group) is 1. The molecule has 1 saturated carbocycles. The highest BCUT2D eigenvalue weighted by molar-refractivity contribution is 6.03. The lowest BCUT2D eigenvalue weighted by atomic mass is 9.95. The van der Waals surface area contributed by atoms with Gasteiger partial charge in [0.2, 0.25) is 5.91 Å². The fourth-order valence-corrected chi connectivity index (χ4v) is 3.73. The van der Waals surface area contributed by atoms with Crippen molar-refractivity contribution in [2.45, 2.75) is 31.8 Å². The van der Waals surface area contributed by atoms with Crippen LogP contribution in [-0.4, -0.2) is 60.4 Å². The van der Waals surface area contributed by atoms with Crippen molar-refractivity contribution in [2.75, 3.05) is 26.7 Å². The number of carbonyl (C=O) groups is 3. The van der Waals surface area contributed by atoms with Crippen LogP contribution in [0.1, 0.15) is 31.4 Å². The minimum atomic E-state index is -0.541. The van der Waals surface area contributed by atoms with Gasteiger partial charge in [-0.3, -0.25) is 14.5 Å². The Morgan fingerprint density at radius 1 is 1.25 bits per heavy atom. The summed E-state index contributed by atoms with van der Waals surface area (Å²) < 4.78 is 5.19. The standard InChI is InChI=1S/C20H24N4O4/c1-3-24-15-10-23(11-16(25)21-13-6-7-13)19(26)17(15)18(22-20(24)27)12-4-8-14(28-2)9-5-12/h4-5,8-9,13,18H,3,6-7,10-11H2,1-2H3,(H,21,25)(H,22,27). The molecule has 8 heteroatoms. The smallest absolute Gasteiger partial charge is 0.322 e. The molecule has 0 aromatic heterocycles. The molecule has 1 aromatic carbocycles. The van der Waals surface area contributed by atoms with Crippen LogP contribution in [0.3, 0.4) is 0 Å². The molecule has 148 valence electrons. The summed E-state index contributed by atoms with van der Waals surface area (Å²) in [6.45, 7) is 2.59. The summed E-state index contributed by atoms with van der Waals surface area (Å²) in [6, 6.07) is 6.74. The molecule has 2 aliphatic heterocycles. The number of nitrogens with one attached hydrogen (secondary N) is 2. The van der Waals surface area contributed by atoms with Crippen LogP contribution in [0.5, 0.6) is 5.75 Å². The van der Waals surface area contributed by atoms with Gasteiger partial charge in [0.05, 0.1) is 31.0 Å². The van der Waals surface area contributed by atoms with Gasteiger partial charge in [-0.2, -0.15) is 0 Å². The molecule has 1 aliphatic carbocycles. The zero-order chi connectivity index (χ0) is 19.8. The van der Waals surface area contributed by atoms with Crippen LogP contribution in [0.2, 0.25) is 0 Å². The topological polar surface area (TPSA) is 91.0 Å². The monoisotopic (exact) mass is 384 g/mol. The van der Waals surface area contributed by atoms with E-state index in [1.54, 1.807) is 24.1 Å². The van der Waals surface area contributed by atoms with Gasteiger partial charge < -0.3 is 20.3 Å². The number of nitrogens with zero attached hydrogens (tertiary/aromatic N) is 2. The summed E-state index contributed by atoms with van der Waals surface area (Å²) in [6.07, 6.45) is 1.99. The van der Waals surface area contributed by atoms with E-state index in [1.165, 1.54) is 4.90 Å². The fraction of sp³-hybridized carbons (Fsp3) is 0.450. The van der Waals surface area contributed by atoms with Crippen LogP contribution >= 0.6 is 0 Å². The highest BCUT2D eigenvalue weighted by Crippen LogP contribution is 2.36. The second-order valence-corrected chi connectivity index (χ2v) is 7.26. The fourth-order valence-electron chi connectivity index (χ4n) is 3.73. The summed E-state index contributed by atoms with van der Waals surface area (Å²) in [5.74, 6) is 0.339. The van der Waals surface area contributed by atoms with E-state index >= 15 is 0 Å². The van der Waals surface area contributed by atoms with E-state index in [-0.39, 0.29) is 37.0 Å². The zero-order valence-electron chi connectivity index (χ0n) is 16.0. The number of amides is 4. The Balaban J connectivity index is 1.61. The minimum Gasteiger partial charge on any atom is -0.497 e. The Kier molecular flexibility index (Phi) is 4.70. The third-order valence-corrected chi connectivity index (χ3v) is 5.34. The van der Waals surface area contributed by atoms with Crippen molar-refractivity contribution in [2.24, 2.45) is 0 Å². The molecule has 2 heterocycles. The maximum atomic E-state index is 13.1. The molecule has 4 rings (SSSR count). The molecular weight excluding hydrogens is 360 g/mol. The van der Waals surface area contributed by atoms with E-state index in [0.717, 1.165) is 18.4 Å². The van der Waals surface area contributed by atoms with E-state index in [9.17, 15) is 14.4 Å². The average Bonchev–Trinajstić information content (AvgIpc) is 3.44. The quantitative estimate of drug-likeness (QED) is 0.770. The van der Waals surface area contributed by atoms with Crippen molar-refractivity contribution >= 4 is 17.8 Å². The van der Waals surface area contributed by atoms with Crippen molar-refractivity contribution in [3.63, 3.8) is 0 Å². The number of hydrogen-bond acceptors (Lipinski definition) is 4. The van der Waals surface area contributed by atoms with E-state index in [4.69, 9.17) is 4.74 Å². The molecular formula is C20H24N4O4. The predicted molar refractivity (Wildman–Crippen MR) is 101 cm³/mol. The number of carbonyl (C=O) groups excluding carboxylic acids is 3. The van der Waals surface area contributed by atoms with Crippen molar-refractivity contribution in [3.05, 3.63) is 41.1 Å². The third kappa shape index (κ3) is 3.30. The molecule has 1 fully saturated rings. The Labute approximate surface area is 163 Å². The molecule has 2 N–H and O–H groups in total. The molecule has 1 aromatic rings. The van der Waals surface area contributed by atoms with Crippen LogP contribution < -0.4 is 15.4 Å². The summed E-state index contributed by atoms with van der Waals surface area (Å²) in [7, 11) is 1.59. The van der Waals surface area contributed by atoms with Gasteiger partial charge in [0.1, 0.15) is 12.3 Å².